The molecule has 2 heterocycles. The highest BCUT2D eigenvalue weighted by Gasteiger charge is 2.19. The predicted molar refractivity (Wildman–Crippen MR) is 137 cm³/mol. The molecule has 0 saturated carbocycles. The number of anilines is 1. The molecular weight excluding hydrogens is 452 g/mol. The molecule has 1 amide bonds. The van der Waals surface area contributed by atoms with E-state index in [1.54, 1.807) is 13.2 Å². The number of rotatable bonds is 12. The van der Waals surface area contributed by atoms with E-state index in [2.05, 4.69) is 34.0 Å². The number of aromatic nitrogens is 2. The van der Waals surface area contributed by atoms with Gasteiger partial charge in [-0.25, -0.2) is 9.97 Å². The molecule has 0 saturated heterocycles. The molecule has 0 unspecified atom stereocenters. The fourth-order valence-electron chi connectivity index (χ4n) is 3.46. The number of hydrogen-bond donors (Lipinski definition) is 2. The highest BCUT2D eigenvalue weighted by molar-refractivity contribution is 7.20. The van der Waals surface area contributed by atoms with Gasteiger partial charge in [-0.3, -0.25) is 9.79 Å². The zero-order chi connectivity index (χ0) is 24.5. The van der Waals surface area contributed by atoms with Crippen molar-refractivity contribution in [1.82, 2.24) is 20.2 Å². The maximum absolute atomic E-state index is 12.4. The molecule has 34 heavy (non-hydrogen) atoms. The summed E-state index contributed by atoms with van der Waals surface area (Å²) in [4.78, 5) is 29.5. The Morgan fingerprint density at radius 2 is 2.00 bits per heavy atom. The molecule has 2 aromatic heterocycles. The van der Waals surface area contributed by atoms with Crippen LogP contribution >= 0.6 is 11.3 Å². The number of nitrogens with two attached hydrogens (primary N) is 1. The topological polar surface area (TPSA) is 115 Å². The van der Waals surface area contributed by atoms with E-state index in [9.17, 15) is 4.79 Å². The second-order valence-electron chi connectivity index (χ2n) is 7.42. The van der Waals surface area contributed by atoms with Crippen LogP contribution in [0.5, 0.6) is 5.75 Å². The fraction of sp³-hybridized carbons (Fsp3) is 0.417. The number of carbonyl (C=O) groups excluding carboxylic acids is 1. The largest absolute Gasteiger partial charge is 0.497 e. The molecule has 1 aromatic carbocycles. The van der Waals surface area contributed by atoms with Crippen LogP contribution in [0.4, 0.5) is 5.95 Å². The summed E-state index contributed by atoms with van der Waals surface area (Å²) in [7, 11) is 1.62. The third-order valence-electron chi connectivity index (χ3n) is 5.30. The van der Waals surface area contributed by atoms with Gasteiger partial charge in [-0.05, 0) is 38.2 Å². The summed E-state index contributed by atoms with van der Waals surface area (Å²) in [5.41, 5.74) is 8.00. The molecule has 0 atom stereocenters. The van der Waals surface area contributed by atoms with Crippen molar-refractivity contribution in [2.75, 3.05) is 52.4 Å². The minimum absolute atomic E-state index is 0.116. The fourth-order valence-corrected chi connectivity index (χ4v) is 4.41. The van der Waals surface area contributed by atoms with Crippen molar-refractivity contribution in [3.63, 3.8) is 0 Å². The normalized spacial score (nSPS) is 11.9. The van der Waals surface area contributed by atoms with Crippen LogP contribution in [0.25, 0.3) is 10.2 Å². The summed E-state index contributed by atoms with van der Waals surface area (Å²) in [6.07, 6.45) is 0. The first kappa shape index (κ1) is 25.5. The van der Waals surface area contributed by atoms with E-state index >= 15 is 0 Å². The molecule has 0 radical (unpaired) electrons. The van der Waals surface area contributed by atoms with Gasteiger partial charge in [-0.1, -0.05) is 26.0 Å². The van der Waals surface area contributed by atoms with Gasteiger partial charge in [0.05, 0.1) is 24.3 Å². The van der Waals surface area contributed by atoms with Crippen LogP contribution in [0.3, 0.4) is 0 Å². The lowest BCUT2D eigenvalue weighted by Crippen LogP contribution is -2.27. The molecule has 0 aliphatic rings. The van der Waals surface area contributed by atoms with E-state index < -0.39 is 0 Å². The van der Waals surface area contributed by atoms with Gasteiger partial charge in [0.15, 0.2) is 0 Å². The third kappa shape index (κ3) is 6.28. The molecule has 9 nitrogen and oxygen atoms in total. The second-order valence-corrected chi connectivity index (χ2v) is 8.45. The number of benzene rings is 1. The van der Waals surface area contributed by atoms with Gasteiger partial charge in [-0.15, -0.1) is 11.3 Å². The molecule has 3 aromatic rings. The van der Waals surface area contributed by atoms with Gasteiger partial charge < -0.3 is 25.4 Å². The van der Waals surface area contributed by atoms with Crippen LogP contribution in [0.2, 0.25) is 0 Å². The van der Waals surface area contributed by atoms with E-state index in [-0.39, 0.29) is 18.6 Å². The smallest absolute Gasteiger partial charge is 0.261 e. The first-order valence-corrected chi connectivity index (χ1v) is 12.2. The Labute approximate surface area is 204 Å². The van der Waals surface area contributed by atoms with Crippen LogP contribution in [0.15, 0.2) is 35.3 Å². The molecule has 3 rings (SSSR count). The molecule has 10 heteroatoms. The van der Waals surface area contributed by atoms with Crippen LogP contribution in [0.1, 0.15) is 41.7 Å². The third-order valence-corrected chi connectivity index (χ3v) is 6.33. The minimum atomic E-state index is -0.158. The van der Waals surface area contributed by atoms with E-state index in [1.807, 2.05) is 31.2 Å². The Balaban J connectivity index is 2.00. The lowest BCUT2D eigenvalue weighted by atomic mass is 10.0. The molecule has 0 spiro atoms. The van der Waals surface area contributed by atoms with Crippen LogP contribution in [-0.2, 0) is 4.74 Å². The second kappa shape index (κ2) is 12.4. The number of nitrogens with one attached hydrogen (secondary N) is 1. The number of fused-ring (bicyclic) bond motifs is 1. The number of nitrogen functional groups attached to an aromatic ring is 1. The van der Waals surface area contributed by atoms with Crippen molar-refractivity contribution in [3.05, 3.63) is 46.5 Å². The van der Waals surface area contributed by atoms with E-state index in [0.717, 1.165) is 25.2 Å². The Morgan fingerprint density at radius 1 is 1.21 bits per heavy atom. The van der Waals surface area contributed by atoms with Gasteiger partial charge in [-0.2, -0.15) is 0 Å². The van der Waals surface area contributed by atoms with Gasteiger partial charge in [0.25, 0.3) is 5.91 Å². The summed E-state index contributed by atoms with van der Waals surface area (Å²) < 4.78 is 11.2. The van der Waals surface area contributed by atoms with E-state index in [4.69, 9.17) is 20.2 Å². The van der Waals surface area contributed by atoms with Gasteiger partial charge >= 0.3 is 0 Å². The molecule has 0 fully saturated rings. The Hall–Kier alpha value is -3.08. The summed E-state index contributed by atoms with van der Waals surface area (Å²) in [6, 6.07) is 9.36. The van der Waals surface area contributed by atoms with E-state index in [1.165, 1.54) is 11.3 Å². The summed E-state index contributed by atoms with van der Waals surface area (Å²) in [5, 5.41) is 3.53. The number of thiophene rings is 1. The number of ether oxygens (including phenoxy) is 2. The first-order valence-electron chi connectivity index (χ1n) is 11.3. The number of methoxy groups -OCH3 is 1. The first-order chi connectivity index (χ1) is 16.5. The lowest BCUT2D eigenvalue weighted by molar-refractivity contribution is 0.0960. The number of hydrogen-bond acceptors (Lipinski definition) is 9. The maximum Gasteiger partial charge on any atom is 0.261 e. The summed E-state index contributed by atoms with van der Waals surface area (Å²) in [6.45, 7) is 10.2. The van der Waals surface area contributed by atoms with Gasteiger partial charge in [0.2, 0.25) is 5.95 Å². The molecular formula is C24H32N6O3S. The Morgan fingerprint density at radius 3 is 2.71 bits per heavy atom. The van der Waals surface area contributed by atoms with Crippen LogP contribution in [0, 0.1) is 0 Å². The summed E-state index contributed by atoms with van der Waals surface area (Å²) >= 11 is 1.27. The minimum Gasteiger partial charge on any atom is -0.497 e. The zero-order valence-electron chi connectivity index (χ0n) is 20.1. The highest BCUT2D eigenvalue weighted by Crippen LogP contribution is 2.29. The molecule has 182 valence electrons. The Kier molecular flexibility index (Phi) is 9.32. The zero-order valence-corrected chi connectivity index (χ0v) is 20.9. The van der Waals surface area contributed by atoms with Gasteiger partial charge in [0, 0.05) is 24.0 Å². The average Bonchev–Trinajstić information content (AvgIpc) is 3.28. The molecule has 3 N–H and O–H groups in total. The Bertz CT molecular complexity index is 1140. The summed E-state index contributed by atoms with van der Waals surface area (Å²) in [5.74, 6) is 0.652. The lowest BCUT2D eigenvalue weighted by Gasteiger charge is -2.17. The quantitative estimate of drug-likeness (QED) is 0.300. The molecule has 0 aliphatic heterocycles. The maximum atomic E-state index is 12.4. The number of amides is 1. The average molecular weight is 485 g/mol. The molecule has 0 aliphatic carbocycles. The highest BCUT2D eigenvalue weighted by atomic mass is 32.1. The van der Waals surface area contributed by atoms with Crippen LogP contribution < -0.4 is 15.8 Å². The predicted octanol–water partition coefficient (Wildman–Crippen LogP) is 3.19. The van der Waals surface area contributed by atoms with E-state index in [0.29, 0.717) is 45.4 Å². The van der Waals surface area contributed by atoms with Crippen LogP contribution in [-0.4, -0.2) is 73.1 Å². The van der Waals surface area contributed by atoms with Crippen molar-refractivity contribution in [1.29, 1.82) is 0 Å². The number of aliphatic imine (C=N–C) groups is 1. The van der Waals surface area contributed by atoms with Crippen molar-refractivity contribution >= 4 is 39.1 Å². The van der Waals surface area contributed by atoms with Gasteiger partial charge in [0.1, 0.15) is 23.0 Å². The van der Waals surface area contributed by atoms with Crippen molar-refractivity contribution in [2.24, 2.45) is 4.99 Å². The SMILES string of the molecule is CCNC(=O)c1cc2c(/C(=N/COCCN(CC)CC)c3cccc(OC)c3)nc(N)nc2s1. The monoisotopic (exact) mass is 484 g/mol. The van der Waals surface area contributed by atoms with Crippen molar-refractivity contribution in [3.8, 4) is 5.75 Å². The molecule has 0 bridgehead atoms. The van der Waals surface area contributed by atoms with Crippen molar-refractivity contribution in [2.45, 2.75) is 20.8 Å². The number of nitrogens with zero attached hydrogens (tertiary/aromatic N) is 4. The number of carbonyl (C=O) groups is 1. The van der Waals surface area contributed by atoms with Crippen molar-refractivity contribution < 1.29 is 14.3 Å². The number of likely N-dealkylation sites (N-methyl/N-ethyl adjacent to an activating group) is 1. The standard InChI is InChI=1S/C24H32N6O3S/c1-5-26-22(31)19-14-18-21(28-24(25)29-23(18)34-19)20(16-9-8-10-17(13-16)32-4)27-15-33-12-11-30(6-2)7-3/h8-10,13-14H,5-7,11-12,15H2,1-4H3,(H,26,31)(H2,25,28,29)/b27-20+.